The van der Waals surface area contributed by atoms with E-state index in [2.05, 4.69) is 12.2 Å². The van der Waals surface area contributed by atoms with Crippen molar-refractivity contribution in [2.45, 2.75) is 52.6 Å². The number of unbranched alkanes of at least 4 members (excludes halogenated alkanes) is 1. The molecule has 0 radical (unpaired) electrons. The standard InChI is InChI=1S/C30H34Cl2N2O3/c1-4-5-16-33-30(36)27(18-23-11-7-6-8-12-23)34(19-24-14-15-25(31)26(32)17-24)29(35)20-37-28-13-9-10-21(2)22(28)3/h6-15,17,27H,4-5,16,18-20H2,1-3H3,(H,33,36)/t27-/m0/s1. The first-order valence-electron chi connectivity index (χ1n) is 12.5. The normalized spacial score (nSPS) is 11.6. The number of ether oxygens (including phenoxy) is 1. The molecular formula is C30H34Cl2N2O3. The van der Waals surface area contributed by atoms with Crippen molar-refractivity contribution in [3.05, 3.63) is 99.0 Å². The molecule has 0 aliphatic rings. The molecule has 0 aromatic heterocycles. The number of aryl methyl sites for hydroxylation is 1. The molecule has 0 saturated carbocycles. The molecule has 1 atom stereocenters. The van der Waals surface area contributed by atoms with E-state index in [9.17, 15) is 9.59 Å². The molecule has 3 rings (SSSR count). The zero-order chi connectivity index (χ0) is 26.8. The number of amides is 2. The van der Waals surface area contributed by atoms with E-state index in [1.54, 1.807) is 17.0 Å². The van der Waals surface area contributed by atoms with Gasteiger partial charge in [-0.05, 0) is 60.7 Å². The predicted molar refractivity (Wildman–Crippen MR) is 150 cm³/mol. The zero-order valence-electron chi connectivity index (χ0n) is 21.6. The molecule has 0 fully saturated rings. The Morgan fingerprint density at radius 2 is 1.70 bits per heavy atom. The minimum atomic E-state index is -0.733. The maximum Gasteiger partial charge on any atom is 0.261 e. The van der Waals surface area contributed by atoms with Crippen LogP contribution in [0.1, 0.15) is 42.0 Å². The van der Waals surface area contributed by atoms with Gasteiger partial charge in [0.25, 0.3) is 5.91 Å². The molecule has 3 aromatic carbocycles. The fraction of sp³-hybridized carbons (Fsp3) is 0.333. The lowest BCUT2D eigenvalue weighted by atomic mass is 10.0. The molecule has 0 aliphatic carbocycles. The van der Waals surface area contributed by atoms with Gasteiger partial charge < -0.3 is 15.0 Å². The summed E-state index contributed by atoms with van der Waals surface area (Å²) in [4.78, 5) is 28.7. The van der Waals surface area contributed by atoms with Gasteiger partial charge in [-0.3, -0.25) is 9.59 Å². The lowest BCUT2D eigenvalue weighted by Gasteiger charge is -2.31. The summed E-state index contributed by atoms with van der Waals surface area (Å²) in [6, 6.07) is 19.9. The molecule has 3 aromatic rings. The van der Waals surface area contributed by atoms with Crippen molar-refractivity contribution in [2.75, 3.05) is 13.2 Å². The van der Waals surface area contributed by atoms with Gasteiger partial charge in [-0.15, -0.1) is 0 Å². The van der Waals surface area contributed by atoms with Crippen LogP contribution in [0.25, 0.3) is 0 Å². The number of carbonyl (C=O) groups is 2. The van der Waals surface area contributed by atoms with Crippen molar-refractivity contribution in [2.24, 2.45) is 0 Å². The van der Waals surface area contributed by atoms with Crippen molar-refractivity contribution >= 4 is 35.0 Å². The van der Waals surface area contributed by atoms with Crippen LogP contribution < -0.4 is 10.1 Å². The van der Waals surface area contributed by atoms with Crippen LogP contribution in [0.5, 0.6) is 5.75 Å². The minimum absolute atomic E-state index is 0.185. The van der Waals surface area contributed by atoms with Crippen LogP contribution in [-0.4, -0.2) is 35.9 Å². The number of nitrogens with zero attached hydrogens (tertiary/aromatic N) is 1. The second-order valence-corrected chi connectivity index (χ2v) is 9.92. The van der Waals surface area contributed by atoms with Crippen LogP contribution in [0.2, 0.25) is 10.0 Å². The Bertz CT molecular complexity index is 1200. The quantitative estimate of drug-likeness (QED) is 0.265. The van der Waals surface area contributed by atoms with Crippen LogP contribution in [0.15, 0.2) is 66.7 Å². The molecule has 0 aliphatic heterocycles. The Labute approximate surface area is 229 Å². The molecule has 2 amide bonds. The summed E-state index contributed by atoms with van der Waals surface area (Å²) in [5, 5.41) is 3.84. The fourth-order valence-corrected chi connectivity index (χ4v) is 4.32. The van der Waals surface area contributed by atoms with Crippen LogP contribution in [0.4, 0.5) is 0 Å². The third kappa shape index (κ3) is 8.24. The van der Waals surface area contributed by atoms with Gasteiger partial charge >= 0.3 is 0 Å². The largest absolute Gasteiger partial charge is 0.483 e. The fourth-order valence-electron chi connectivity index (χ4n) is 4.00. The maximum absolute atomic E-state index is 13.7. The van der Waals surface area contributed by atoms with Gasteiger partial charge in [-0.2, -0.15) is 0 Å². The molecule has 37 heavy (non-hydrogen) atoms. The third-order valence-corrected chi connectivity index (χ3v) is 7.08. The third-order valence-electron chi connectivity index (χ3n) is 6.34. The molecule has 1 N–H and O–H groups in total. The number of hydrogen-bond acceptors (Lipinski definition) is 3. The van der Waals surface area contributed by atoms with Gasteiger partial charge in [0.15, 0.2) is 6.61 Å². The number of carbonyl (C=O) groups excluding carboxylic acids is 2. The molecule has 5 nitrogen and oxygen atoms in total. The molecule has 7 heteroatoms. The lowest BCUT2D eigenvalue weighted by Crippen LogP contribution is -2.51. The van der Waals surface area contributed by atoms with Crippen LogP contribution in [-0.2, 0) is 22.6 Å². The topological polar surface area (TPSA) is 58.6 Å². The Kier molecular flexibility index (Phi) is 10.8. The van der Waals surface area contributed by atoms with E-state index in [0.29, 0.717) is 28.8 Å². The first-order valence-corrected chi connectivity index (χ1v) is 13.3. The van der Waals surface area contributed by atoms with Gasteiger partial charge in [-0.1, -0.05) is 85.1 Å². The minimum Gasteiger partial charge on any atom is -0.483 e. The van der Waals surface area contributed by atoms with Crippen LogP contribution >= 0.6 is 23.2 Å². The molecular weight excluding hydrogens is 507 g/mol. The van der Waals surface area contributed by atoms with Gasteiger partial charge in [0.2, 0.25) is 5.91 Å². The van der Waals surface area contributed by atoms with Gasteiger partial charge in [0.05, 0.1) is 10.0 Å². The highest BCUT2D eigenvalue weighted by Crippen LogP contribution is 2.25. The van der Waals surface area contributed by atoms with E-state index in [1.165, 1.54) is 0 Å². The van der Waals surface area contributed by atoms with Crippen LogP contribution in [0.3, 0.4) is 0 Å². The highest BCUT2D eigenvalue weighted by Gasteiger charge is 2.30. The molecule has 0 unspecified atom stereocenters. The van der Waals surface area contributed by atoms with Crippen molar-refractivity contribution < 1.29 is 14.3 Å². The Hall–Kier alpha value is -3.02. The highest BCUT2D eigenvalue weighted by molar-refractivity contribution is 6.42. The highest BCUT2D eigenvalue weighted by atomic mass is 35.5. The summed E-state index contributed by atoms with van der Waals surface area (Å²) in [6.07, 6.45) is 2.19. The first-order chi connectivity index (χ1) is 17.8. The van der Waals surface area contributed by atoms with E-state index < -0.39 is 6.04 Å². The number of nitrogens with one attached hydrogen (secondary N) is 1. The lowest BCUT2D eigenvalue weighted by molar-refractivity contribution is -0.142. The van der Waals surface area contributed by atoms with Crippen molar-refractivity contribution in [3.8, 4) is 5.75 Å². The summed E-state index contributed by atoms with van der Waals surface area (Å²) in [7, 11) is 0. The molecule has 196 valence electrons. The van der Waals surface area contributed by atoms with Crippen molar-refractivity contribution in [3.63, 3.8) is 0 Å². The SMILES string of the molecule is CCCCNC(=O)[C@H](Cc1ccccc1)N(Cc1ccc(Cl)c(Cl)c1)C(=O)COc1cccc(C)c1C. The Balaban J connectivity index is 1.92. The second kappa shape index (κ2) is 14.1. The summed E-state index contributed by atoms with van der Waals surface area (Å²) in [6.45, 7) is 6.57. The van der Waals surface area contributed by atoms with Crippen molar-refractivity contribution in [1.82, 2.24) is 10.2 Å². The van der Waals surface area contributed by atoms with Gasteiger partial charge in [-0.25, -0.2) is 0 Å². The Morgan fingerprint density at radius 3 is 2.41 bits per heavy atom. The monoisotopic (exact) mass is 540 g/mol. The summed E-state index contributed by atoms with van der Waals surface area (Å²) in [5.41, 5.74) is 3.79. The predicted octanol–water partition coefficient (Wildman–Crippen LogP) is 6.55. The second-order valence-electron chi connectivity index (χ2n) is 9.11. The smallest absolute Gasteiger partial charge is 0.261 e. The molecule has 0 saturated heterocycles. The Morgan fingerprint density at radius 1 is 0.946 bits per heavy atom. The van der Waals surface area contributed by atoms with E-state index in [-0.39, 0.29) is 25.0 Å². The van der Waals surface area contributed by atoms with Gasteiger partial charge in [0, 0.05) is 19.5 Å². The van der Waals surface area contributed by atoms with Crippen molar-refractivity contribution in [1.29, 1.82) is 0 Å². The zero-order valence-corrected chi connectivity index (χ0v) is 23.1. The summed E-state index contributed by atoms with van der Waals surface area (Å²) >= 11 is 12.4. The van der Waals surface area contributed by atoms with E-state index in [4.69, 9.17) is 27.9 Å². The van der Waals surface area contributed by atoms with E-state index in [0.717, 1.165) is 35.1 Å². The average molecular weight is 542 g/mol. The first kappa shape index (κ1) is 28.5. The molecule has 0 bridgehead atoms. The van der Waals surface area contributed by atoms with E-state index >= 15 is 0 Å². The number of hydrogen-bond donors (Lipinski definition) is 1. The van der Waals surface area contributed by atoms with Crippen LogP contribution in [0, 0.1) is 13.8 Å². The summed E-state index contributed by atoms with van der Waals surface area (Å²) < 4.78 is 5.95. The van der Waals surface area contributed by atoms with E-state index in [1.807, 2.05) is 68.4 Å². The average Bonchev–Trinajstić information content (AvgIpc) is 2.89. The molecule has 0 spiro atoms. The number of halogens is 2. The number of rotatable bonds is 12. The number of benzene rings is 3. The maximum atomic E-state index is 13.7. The van der Waals surface area contributed by atoms with Gasteiger partial charge in [0.1, 0.15) is 11.8 Å². The molecule has 0 heterocycles. The summed E-state index contributed by atoms with van der Waals surface area (Å²) in [5.74, 6) is 0.158.